The lowest BCUT2D eigenvalue weighted by molar-refractivity contribution is -0.162. The van der Waals surface area contributed by atoms with Crippen molar-refractivity contribution in [2.24, 2.45) is 5.73 Å². The molecule has 7 nitrogen and oxygen atoms in total. The zero-order valence-corrected chi connectivity index (χ0v) is 23.7. The fraction of sp³-hybridized carbons (Fsp3) is 0.464. The van der Waals surface area contributed by atoms with Crippen LogP contribution in [0.1, 0.15) is 45.7 Å². The Morgan fingerprint density at radius 3 is 2.14 bits per heavy atom. The van der Waals surface area contributed by atoms with Gasteiger partial charge in [0.25, 0.3) is 5.91 Å². The molecule has 3 rings (SSSR count). The number of carbonyl (C=O) groups excluding carboxylic acids is 3. The highest BCUT2D eigenvalue weighted by atomic mass is 35.5. The molecule has 2 aromatic carbocycles. The van der Waals surface area contributed by atoms with Gasteiger partial charge in [-0.3, -0.25) is 14.4 Å². The number of nitrogens with zero attached hydrogens (tertiary/aromatic N) is 1. The van der Waals surface area contributed by atoms with Crippen LogP contribution in [0.2, 0.25) is 0 Å². The maximum absolute atomic E-state index is 13.9. The lowest BCUT2D eigenvalue weighted by atomic mass is 9.96. The van der Waals surface area contributed by atoms with Crippen molar-refractivity contribution >= 4 is 42.0 Å². The Labute approximate surface area is 230 Å². The summed E-state index contributed by atoms with van der Waals surface area (Å²) in [6.07, 6.45) is -0.850. The van der Waals surface area contributed by atoms with Crippen LogP contribution in [0.15, 0.2) is 60.7 Å². The van der Waals surface area contributed by atoms with Crippen LogP contribution in [0.25, 0.3) is 0 Å². The summed E-state index contributed by atoms with van der Waals surface area (Å²) in [5.74, 6) is -0.924. The molecule has 1 fully saturated rings. The highest BCUT2D eigenvalue weighted by molar-refractivity contribution is 8.00. The van der Waals surface area contributed by atoms with Crippen molar-refractivity contribution < 1.29 is 19.1 Å². The van der Waals surface area contributed by atoms with E-state index in [-0.39, 0.29) is 24.7 Å². The van der Waals surface area contributed by atoms with E-state index in [1.165, 1.54) is 16.7 Å². The van der Waals surface area contributed by atoms with Crippen molar-refractivity contribution in [3.8, 4) is 0 Å². The summed E-state index contributed by atoms with van der Waals surface area (Å²) in [4.78, 5) is 41.6. The monoisotopic (exact) mass is 547 g/mol. The number of nitrogens with two attached hydrogens (primary N) is 1. The molecule has 3 atom stereocenters. The van der Waals surface area contributed by atoms with Gasteiger partial charge in [0, 0.05) is 10.3 Å². The number of halogens is 1. The third kappa shape index (κ3) is 8.48. The topological polar surface area (TPSA) is 102 Å². The predicted octanol–water partition coefficient (Wildman–Crippen LogP) is 3.73. The zero-order chi connectivity index (χ0) is 26.5. The largest absolute Gasteiger partial charge is 0.450 e. The van der Waals surface area contributed by atoms with Crippen LogP contribution in [0.4, 0.5) is 0 Å². The lowest BCUT2D eigenvalue weighted by Gasteiger charge is -2.35. The second kappa shape index (κ2) is 12.8. The molecule has 2 amide bonds. The molecule has 1 aliphatic rings. The summed E-state index contributed by atoms with van der Waals surface area (Å²) >= 11 is 1.52. The minimum atomic E-state index is -1.22. The van der Waals surface area contributed by atoms with Gasteiger partial charge in [-0.1, -0.05) is 60.7 Å². The van der Waals surface area contributed by atoms with Crippen molar-refractivity contribution in [2.45, 2.75) is 75.9 Å². The molecular formula is C28H38ClN3O4S. The van der Waals surface area contributed by atoms with Gasteiger partial charge < -0.3 is 20.7 Å². The van der Waals surface area contributed by atoms with Crippen molar-refractivity contribution in [2.75, 3.05) is 5.88 Å². The van der Waals surface area contributed by atoms with Gasteiger partial charge >= 0.3 is 5.97 Å². The summed E-state index contributed by atoms with van der Waals surface area (Å²) < 4.78 is 5.24. The molecule has 0 unspecified atom stereocenters. The maximum Gasteiger partial charge on any atom is 0.311 e. The van der Waals surface area contributed by atoms with Gasteiger partial charge in [-0.15, -0.1) is 24.2 Å². The van der Waals surface area contributed by atoms with Gasteiger partial charge in [-0.25, -0.2) is 0 Å². The Balaban J connectivity index is 0.00000481. The van der Waals surface area contributed by atoms with Crippen molar-refractivity contribution in [3.63, 3.8) is 0 Å². The minimum absolute atomic E-state index is 0. The molecule has 1 saturated heterocycles. The standard InChI is InChI=1S/C28H37N3O4S.ClH/c1-27(2,3)30-25(33)24-28(4,5)36-18-31(24)26(34)23(21(29)16-19-12-8-6-9-13-19)35-22(32)17-20-14-10-7-11-15-20;/h6-15,21,23-24H,16-18,29H2,1-5H3,(H,30,33);1H/t21-,23-,24+;/m0./s1. The first-order valence-corrected chi connectivity index (χ1v) is 13.2. The van der Waals surface area contributed by atoms with E-state index in [4.69, 9.17) is 10.5 Å². The second-order valence-corrected chi connectivity index (χ2v) is 12.4. The SMILES string of the molecule is CC(C)(C)NC(=O)[C@H]1N(C(=O)[C@@H](OC(=O)Cc2ccccc2)[C@@H](N)Cc2ccccc2)CSC1(C)C.Cl. The van der Waals surface area contributed by atoms with E-state index in [1.807, 2.05) is 95.3 Å². The van der Waals surface area contributed by atoms with E-state index in [0.717, 1.165) is 11.1 Å². The average Bonchev–Trinajstić information content (AvgIpc) is 3.12. The fourth-order valence-corrected chi connectivity index (χ4v) is 5.41. The maximum atomic E-state index is 13.9. The number of nitrogens with one attached hydrogen (secondary N) is 1. The van der Waals surface area contributed by atoms with Crippen LogP contribution in [-0.4, -0.2) is 57.0 Å². The molecular weight excluding hydrogens is 510 g/mol. The molecule has 0 aliphatic carbocycles. The van der Waals surface area contributed by atoms with E-state index in [9.17, 15) is 14.4 Å². The first kappa shape index (κ1) is 30.7. The Morgan fingerprint density at radius 2 is 1.59 bits per heavy atom. The number of esters is 1. The number of thioether (sulfide) groups is 1. The molecule has 0 bridgehead atoms. The normalized spacial score (nSPS) is 18.3. The summed E-state index contributed by atoms with van der Waals surface area (Å²) in [5, 5.41) is 3.00. The summed E-state index contributed by atoms with van der Waals surface area (Å²) in [6, 6.07) is 17.2. The number of benzene rings is 2. The number of carbonyl (C=O) groups is 3. The van der Waals surface area contributed by atoms with E-state index in [2.05, 4.69) is 5.32 Å². The Kier molecular flexibility index (Phi) is 10.6. The van der Waals surface area contributed by atoms with Crippen LogP contribution in [0, 0.1) is 0 Å². The van der Waals surface area contributed by atoms with Crippen LogP contribution in [0.5, 0.6) is 0 Å². The number of hydrogen-bond donors (Lipinski definition) is 2. The molecule has 0 aromatic heterocycles. The molecule has 202 valence electrons. The highest BCUT2D eigenvalue weighted by Crippen LogP contribution is 2.40. The number of amides is 2. The highest BCUT2D eigenvalue weighted by Gasteiger charge is 2.50. The van der Waals surface area contributed by atoms with Crippen LogP contribution >= 0.6 is 24.2 Å². The summed E-state index contributed by atoms with van der Waals surface area (Å²) in [6.45, 7) is 9.58. The molecule has 9 heteroatoms. The molecule has 0 radical (unpaired) electrons. The number of hydrogen-bond acceptors (Lipinski definition) is 6. The van der Waals surface area contributed by atoms with Crippen LogP contribution in [-0.2, 0) is 32.0 Å². The van der Waals surface area contributed by atoms with Crippen molar-refractivity contribution in [1.29, 1.82) is 0 Å². The summed E-state index contributed by atoms with van der Waals surface area (Å²) in [7, 11) is 0. The molecule has 1 aliphatic heterocycles. The van der Waals surface area contributed by atoms with Gasteiger partial charge in [0.15, 0.2) is 6.10 Å². The van der Waals surface area contributed by atoms with Gasteiger partial charge in [-0.2, -0.15) is 0 Å². The molecule has 2 aromatic rings. The van der Waals surface area contributed by atoms with E-state index in [0.29, 0.717) is 12.3 Å². The van der Waals surface area contributed by atoms with Gasteiger partial charge in [0.2, 0.25) is 5.91 Å². The first-order chi connectivity index (χ1) is 16.9. The molecule has 0 saturated carbocycles. The first-order valence-electron chi connectivity index (χ1n) is 12.2. The van der Waals surface area contributed by atoms with E-state index >= 15 is 0 Å². The quantitative estimate of drug-likeness (QED) is 0.488. The lowest BCUT2D eigenvalue weighted by Crippen LogP contribution is -2.60. The van der Waals surface area contributed by atoms with Gasteiger partial charge in [-0.05, 0) is 52.2 Å². The van der Waals surface area contributed by atoms with Crippen molar-refractivity contribution in [3.05, 3.63) is 71.8 Å². The van der Waals surface area contributed by atoms with E-state index < -0.39 is 40.4 Å². The number of rotatable bonds is 8. The third-order valence-corrected chi connectivity index (χ3v) is 7.35. The van der Waals surface area contributed by atoms with Gasteiger partial charge in [0.1, 0.15) is 6.04 Å². The smallest absolute Gasteiger partial charge is 0.311 e. The van der Waals surface area contributed by atoms with Crippen LogP contribution in [0.3, 0.4) is 0 Å². The van der Waals surface area contributed by atoms with Crippen molar-refractivity contribution in [1.82, 2.24) is 10.2 Å². The molecule has 3 N–H and O–H groups in total. The van der Waals surface area contributed by atoms with Crippen LogP contribution < -0.4 is 11.1 Å². The number of ether oxygens (including phenoxy) is 1. The zero-order valence-electron chi connectivity index (χ0n) is 22.1. The molecule has 1 heterocycles. The summed E-state index contributed by atoms with van der Waals surface area (Å²) in [5.41, 5.74) is 7.77. The Morgan fingerprint density at radius 1 is 1.05 bits per heavy atom. The molecule has 37 heavy (non-hydrogen) atoms. The average molecular weight is 548 g/mol. The Bertz CT molecular complexity index is 1060. The minimum Gasteiger partial charge on any atom is -0.450 e. The predicted molar refractivity (Wildman–Crippen MR) is 150 cm³/mol. The fourth-order valence-electron chi connectivity index (χ4n) is 4.27. The van der Waals surface area contributed by atoms with Gasteiger partial charge in [0.05, 0.1) is 18.3 Å². The Hall–Kier alpha value is -2.55. The second-order valence-electron chi connectivity index (χ2n) is 10.8. The third-order valence-electron chi connectivity index (χ3n) is 5.97. The van der Waals surface area contributed by atoms with E-state index in [1.54, 1.807) is 0 Å². The molecule has 0 spiro atoms.